The van der Waals surface area contributed by atoms with Crippen LogP contribution in [0.4, 0.5) is 4.39 Å². The second-order valence-electron chi connectivity index (χ2n) is 7.65. The monoisotopic (exact) mass is 440 g/mol. The molecule has 1 fully saturated rings. The van der Waals surface area contributed by atoms with Crippen LogP contribution in [0.5, 0.6) is 5.75 Å². The van der Waals surface area contributed by atoms with Gasteiger partial charge in [-0.05, 0) is 68.0 Å². The van der Waals surface area contributed by atoms with Gasteiger partial charge in [0.15, 0.2) is 0 Å². The largest absolute Gasteiger partial charge is 0.507 e. The number of ether oxygens (including phenoxy) is 1. The van der Waals surface area contributed by atoms with Crippen molar-refractivity contribution in [3.8, 4) is 5.75 Å². The fourth-order valence-electron chi connectivity index (χ4n) is 4.01. The predicted molar refractivity (Wildman–Crippen MR) is 121 cm³/mol. The van der Waals surface area contributed by atoms with Crippen molar-refractivity contribution < 1.29 is 23.8 Å². The maximum atomic E-state index is 13.6. The van der Waals surface area contributed by atoms with Crippen LogP contribution < -0.4 is 4.74 Å². The zero-order valence-corrected chi connectivity index (χ0v) is 18.7. The average Bonchev–Trinajstić information content (AvgIpc) is 3.07. The number of nitrogens with zero attached hydrogens (tertiary/aromatic N) is 2. The molecular formula is C25H29FN2O4. The van der Waals surface area contributed by atoms with Gasteiger partial charge in [-0.15, -0.1) is 0 Å². The van der Waals surface area contributed by atoms with Crippen molar-refractivity contribution in [2.24, 2.45) is 0 Å². The van der Waals surface area contributed by atoms with Gasteiger partial charge in [0.25, 0.3) is 11.7 Å². The molecule has 1 atom stereocenters. The van der Waals surface area contributed by atoms with Gasteiger partial charge >= 0.3 is 0 Å². The van der Waals surface area contributed by atoms with E-state index in [9.17, 15) is 19.1 Å². The van der Waals surface area contributed by atoms with Crippen LogP contribution in [0.3, 0.4) is 0 Å². The standard InChI is InChI=1S/C25H29FN2O4/c1-4-27(5-2)15-6-16-28-22(17-7-11-19(26)12-8-17)21(24(30)25(28)31)23(29)18-9-13-20(32-3)14-10-18/h7-14,22,29H,4-6,15-16H2,1-3H3/b23-21+. The number of methoxy groups -OCH3 is 1. The third kappa shape index (κ3) is 4.83. The quantitative estimate of drug-likeness (QED) is 0.363. The number of ketones is 1. The first-order chi connectivity index (χ1) is 15.4. The van der Waals surface area contributed by atoms with E-state index in [-0.39, 0.29) is 11.3 Å². The van der Waals surface area contributed by atoms with Gasteiger partial charge in [0.1, 0.15) is 17.3 Å². The Kier molecular flexibility index (Phi) is 7.64. The summed E-state index contributed by atoms with van der Waals surface area (Å²) in [5.74, 6) is -1.47. The minimum atomic E-state index is -0.783. The van der Waals surface area contributed by atoms with E-state index >= 15 is 0 Å². The van der Waals surface area contributed by atoms with Gasteiger partial charge < -0.3 is 19.6 Å². The lowest BCUT2D eigenvalue weighted by atomic mass is 9.95. The molecule has 1 heterocycles. The number of carbonyl (C=O) groups excluding carboxylic acids is 2. The lowest BCUT2D eigenvalue weighted by molar-refractivity contribution is -0.140. The Morgan fingerprint density at radius 1 is 1.06 bits per heavy atom. The molecule has 7 heteroatoms. The Hall–Kier alpha value is -3.19. The Morgan fingerprint density at radius 3 is 2.25 bits per heavy atom. The van der Waals surface area contributed by atoms with Gasteiger partial charge in [-0.2, -0.15) is 0 Å². The van der Waals surface area contributed by atoms with Crippen molar-refractivity contribution in [2.45, 2.75) is 26.3 Å². The zero-order valence-electron chi connectivity index (χ0n) is 18.7. The molecule has 0 aromatic heterocycles. The van der Waals surface area contributed by atoms with Crippen LogP contribution in [0.2, 0.25) is 0 Å². The second-order valence-corrected chi connectivity index (χ2v) is 7.65. The van der Waals surface area contributed by atoms with Crippen molar-refractivity contribution in [1.29, 1.82) is 0 Å². The smallest absolute Gasteiger partial charge is 0.295 e. The molecule has 1 unspecified atom stereocenters. The van der Waals surface area contributed by atoms with Crippen LogP contribution in [0, 0.1) is 5.82 Å². The Morgan fingerprint density at radius 2 is 1.69 bits per heavy atom. The first-order valence-corrected chi connectivity index (χ1v) is 10.8. The number of amides is 1. The van der Waals surface area contributed by atoms with E-state index in [1.54, 1.807) is 36.4 Å². The van der Waals surface area contributed by atoms with Gasteiger partial charge in [0, 0.05) is 12.1 Å². The summed E-state index contributed by atoms with van der Waals surface area (Å²) in [5.41, 5.74) is 0.983. The molecule has 1 saturated heterocycles. The van der Waals surface area contributed by atoms with Gasteiger partial charge in [-0.1, -0.05) is 26.0 Å². The molecule has 0 aliphatic carbocycles. The third-order valence-corrected chi connectivity index (χ3v) is 5.86. The van der Waals surface area contributed by atoms with E-state index in [4.69, 9.17) is 4.74 Å². The molecule has 170 valence electrons. The van der Waals surface area contributed by atoms with Gasteiger partial charge in [0.05, 0.1) is 18.7 Å². The minimum Gasteiger partial charge on any atom is -0.507 e. The molecule has 6 nitrogen and oxygen atoms in total. The second kappa shape index (κ2) is 10.4. The topological polar surface area (TPSA) is 70.1 Å². The van der Waals surface area contributed by atoms with Crippen molar-refractivity contribution >= 4 is 17.4 Å². The molecule has 1 aliphatic heterocycles. The van der Waals surface area contributed by atoms with E-state index in [1.807, 2.05) is 0 Å². The van der Waals surface area contributed by atoms with Gasteiger partial charge in [0.2, 0.25) is 0 Å². The molecular weight excluding hydrogens is 411 g/mol. The van der Waals surface area contributed by atoms with Crippen LogP contribution >= 0.6 is 0 Å². The third-order valence-electron chi connectivity index (χ3n) is 5.86. The zero-order chi connectivity index (χ0) is 23.3. The van der Waals surface area contributed by atoms with Gasteiger partial charge in [-0.25, -0.2) is 4.39 Å². The molecule has 2 aromatic carbocycles. The fourth-order valence-corrected chi connectivity index (χ4v) is 4.01. The fraction of sp³-hybridized carbons (Fsp3) is 0.360. The number of hydrogen-bond donors (Lipinski definition) is 1. The number of halogens is 1. The molecule has 0 bridgehead atoms. The summed E-state index contributed by atoms with van der Waals surface area (Å²) in [4.78, 5) is 29.7. The molecule has 2 aromatic rings. The highest BCUT2D eigenvalue weighted by molar-refractivity contribution is 6.46. The highest BCUT2D eigenvalue weighted by Gasteiger charge is 2.45. The lowest BCUT2D eigenvalue weighted by Crippen LogP contribution is -2.33. The molecule has 3 rings (SSSR count). The normalized spacial score (nSPS) is 17.9. The molecule has 0 spiro atoms. The van der Waals surface area contributed by atoms with Crippen molar-refractivity contribution in [3.05, 3.63) is 71.0 Å². The lowest BCUT2D eigenvalue weighted by Gasteiger charge is -2.26. The van der Waals surface area contributed by atoms with Gasteiger partial charge in [-0.3, -0.25) is 9.59 Å². The number of carbonyl (C=O) groups is 2. The molecule has 0 radical (unpaired) electrons. The van der Waals surface area contributed by atoms with Crippen LogP contribution in [-0.4, -0.2) is 59.9 Å². The number of aliphatic hydroxyl groups excluding tert-OH is 1. The van der Waals surface area contributed by atoms with Crippen molar-refractivity contribution in [2.75, 3.05) is 33.3 Å². The first kappa shape index (κ1) is 23.5. The van der Waals surface area contributed by atoms with Crippen molar-refractivity contribution in [1.82, 2.24) is 9.80 Å². The number of likely N-dealkylation sites (tertiary alicyclic amines) is 1. The Labute approximate surface area is 187 Å². The molecule has 1 amide bonds. The highest BCUT2D eigenvalue weighted by Crippen LogP contribution is 2.39. The maximum Gasteiger partial charge on any atom is 0.295 e. The minimum absolute atomic E-state index is 0.00890. The SMILES string of the molecule is CCN(CC)CCCN1C(=O)C(=O)/C(=C(/O)c2ccc(OC)cc2)C1c1ccc(F)cc1. The van der Waals surface area contributed by atoms with E-state index < -0.39 is 23.5 Å². The molecule has 0 saturated carbocycles. The summed E-state index contributed by atoms with van der Waals surface area (Å²) in [5, 5.41) is 11.0. The van der Waals surface area contributed by atoms with Crippen LogP contribution in [-0.2, 0) is 9.59 Å². The van der Waals surface area contributed by atoms with E-state index in [1.165, 1.54) is 24.1 Å². The summed E-state index contributed by atoms with van der Waals surface area (Å²) < 4.78 is 18.7. The summed E-state index contributed by atoms with van der Waals surface area (Å²) in [6, 6.07) is 11.5. The van der Waals surface area contributed by atoms with Crippen LogP contribution in [0.15, 0.2) is 54.1 Å². The van der Waals surface area contributed by atoms with Crippen molar-refractivity contribution in [3.63, 3.8) is 0 Å². The average molecular weight is 441 g/mol. The first-order valence-electron chi connectivity index (χ1n) is 10.8. The summed E-state index contributed by atoms with van der Waals surface area (Å²) in [7, 11) is 1.53. The Bertz CT molecular complexity index is 982. The van der Waals surface area contributed by atoms with E-state index in [2.05, 4.69) is 18.7 Å². The van der Waals surface area contributed by atoms with Crippen LogP contribution in [0.25, 0.3) is 5.76 Å². The van der Waals surface area contributed by atoms with Crippen LogP contribution in [0.1, 0.15) is 37.4 Å². The molecule has 1 N–H and O–H groups in total. The summed E-state index contributed by atoms with van der Waals surface area (Å²) >= 11 is 0. The number of benzene rings is 2. The molecule has 32 heavy (non-hydrogen) atoms. The number of rotatable bonds is 9. The molecule has 1 aliphatic rings. The predicted octanol–water partition coefficient (Wildman–Crippen LogP) is 3.99. The summed E-state index contributed by atoms with van der Waals surface area (Å²) in [6.45, 7) is 7.07. The maximum absolute atomic E-state index is 13.6. The van der Waals surface area contributed by atoms with E-state index in [0.29, 0.717) is 29.8 Å². The number of Topliss-reactive ketones (excluding diaryl/α,β-unsaturated/α-hetero) is 1. The highest BCUT2D eigenvalue weighted by atomic mass is 19.1. The van der Waals surface area contributed by atoms with E-state index in [0.717, 1.165) is 19.6 Å². The summed E-state index contributed by atoms with van der Waals surface area (Å²) in [6.07, 6.45) is 0.676. The Balaban J connectivity index is 2.01. The number of aliphatic hydroxyl groups is 1. The number of hydrogen-bond acceptors (Lipinski definition) is 5.